The highest BCUT2D eigenvalue weighted by Gasteiger charge is 2.34. The first-order chi connectivity index (χ1) is 9.66. The van der Waals surface area contributed by atoms with Crippen LogP contribution in [0.4, 0.5) is 0 Å². The van der Waals surface area contributed by atoms with Gasteiger partial charge in [-0.05, 0) is 36.3 Å². The van der Waals surface area contributed by atoms with Crippen LogP contribution in [-0.4, -0.2) is 36.1 Å². The molecule has 0 unspecified atom stereocenters. The van der Waals surface area contributed by atoms with Crippen LogP contribution in [0, 0.1) is 5.92 Å². The van der Waals surface area contributed by atoms with Gasteiger partial charge in [-0.3, -0.25) is 4.79 Å². The van der Waals surface area contributed by atoms with Crippen LogP contribution in [0.5, 0.6) is 0 Å². The average Bonchev–Trinajstić information content (AvgIpc) is 2.46. The first-order valence-electron chi connectivity index (χ1n) is 7.06. The third-order valence-corrected chi connectivity index (χ3v) is 4.36. The van der Waals surface area contributed by atoms with Crippen molar-refractivity contribution >= 4 is 16.7 Å². The normalized spacial score (nSPS) is 23.9. The van der Waals surface area contributed by atoms with Crippen molar-refractivity contribution in [2.45, 2.75) is 12.3 Å². The summed E-state index contributed by atoms with van der Waals surface area (Å²) in [4.78, 5) is 13.7. The third kappa shape index (κ3) is 2.29. The number of carboxylic acid groups (broad SMARTS) is 1. The molecule has 1 fully saturated rings. The van der Waals surface area contributed by atoms with E-state index >= 15 is 0 Å². The molecule has 3 rings (SSSR count). The Morgan fingerprint density at radius 1 is 1.20 bits per heavy atom. The van der Waals surface area contributed by atoms with E-state index in [4.69, 9.17) is 0 Å². The van der Waals surface area contributed by atoms with E-state index < -0.39 is 5.97 Å². The second-order valence-corrected chi connectivity index (χ2v) is 5.67. The Bertz CT molecular complexity index is 632. The molecule has 1 aliphatic heterocycles. The highest BCUT2D eigenvalue weighted by atomic mass is 16.4. The number of piperidine rings is 1. The molecule has 1 saturated heterocycles. The van der Waals surface area contributed by atoms with Crippen molar-refractivity contribution in [2.24, 2.45) is 5.92 Å². The van der Waals surface area contributed by atoms with Gasteiger partial charge in [0.15, 0.2) is 0 Å². The maximum absolute atomic E-state index is 11.6. The fourth-order valence-corrected chi connectivity index (χ4v) is 3.31. The summed E-state index contributed by atoms with van der Waals surface area (Å²) in [6.45, 7) is 1.58. The molecule has 0 aromatic heterocycles. The number of nitrogens with zero attached hydrogens (tertiary/aromatic N) is 1. The molecule has 0 spiro atoms. The van der Waals surface area contributed by atoms with Gasteiger partial charge in [0.1, 0.15) is 0 Å². The van der Waals surface area contributed by atoms with Gasteiger partial charge in [0.05, 0.1) is 5.92 Å². The molecule has 3 nitrogen and oxygen atoms in total. The highest BCUT2D eigenvalue weighted by Crippen LogP contribution is 2.36. The van der Waals surface area contributed by atoms with Gasteiger partial charge in [-0.1, -0.05) is 42.5 Å². The number of aliphatic carboxylic acids is 1. The molecule has 0 radical (unpaired) electrons. The molecule has 0 bridgehead atoms. The number of carbonyl (C=O) groups is 1. The van der Waals surface area contributed by atoms with Gasteiger partial charge in [0, 0.05) is 12.5 Å². The number of carboxylic acids is 1. The van der Waals surface area contributed by atoms with Crippen molar-refractivity contribution in [2.75, 3.05) is 20.1 Å². The fourth-order valence-electron chi connectivity index (χ4n) is 3.31. The van der Waals surface area contributed by atoms with Crippen LogP contribution in [-0.2, 0) is 4.79 Å². The van der Waals surface area contributed by atoms with E-state index in [1.165, 1.54) is 16.3 Å². The second-order valence-electron chi connectivity index (χ2n) is 5.67. The predicted molar refractivity (Wildman–Crippen MR) is 79.9 cm³/mol. The zero-order chi connectivity index (χ0) is 14.1. The Morgan fingerprint density at radius 3 is 2.75 bits per heavy atom. The molecule has 1 aliphatic rings. The van der Waals surface area contributed by atoms with Crippen molar-refractivity contribution in [1.82, 2.24) is 4.90 Å². The number of hydrogen-bond donors (Lipinski definition) is 1. The number of fused-ring (bicyclic) bond motifs is 1. The number of hydrogen-bond acceptors (Lipinski definition) is 2. The topological polar surface area (TPSA) is 40.5 Å². The minimum Gasteiger partial charge on any atom is -0.481 e. The molecule has 20 heavy (non-hydrogen) atoms. The lowest BCUT2D eigenvalue weighted by Gasteiger charge is -2.35. The van der Waals surface area contributed by atoms with Crippen LogP contribution in [0.1, 0.15) is 17.9 Å². The molecule has 2 aromatic rings. The van der Waals surface area contributed by atoms with Gasteiger partial charge < -0.3 is 10.0 Å². The lowest BCUT2D eigenvalue weighted by molar-refractivity contribution is -0.144. The molecule has 104 valence electrons. The quantitative estimate of drug-likeness (QED) is 0.911. The van der Waals surface area contributed by atoms with E-state index in [0.717, 1.165) is 13.0 Å². The zero-order valence-corrected chi connectivity index (χ0v) is 11.6. The minimum absolute atomic E-state index is 0.106. The lowest BCUT2D eigenvalue weighted by Crippen LogP contribution is -2.40. The van der Waals surface area contributed by atoms with Crippen LogP contribution in [0.15, 0.2) is 42.5 Å². The van der Waals surface area contributed by atoms with Gasteiger partial charge in [-0.15, -0.1) is 0 Å². The van der Waals surface area contributed by atoms with Gasteiger partial charge in [0.25, 0.3) is 0 Å². The number of rotatable bonds is 2. The van der Waals surface area contributed by atoms with Gasteiger partial charge >= 0.3 is 5.97 Å². The van der Waals surface area contributed by atoms with Crippen molar-refractivity contribution in [3.63, 3.8) is 0 Å². The van der Waals surface area contributed by atoms with Crippen LogP contribution >= 0.6 is 0 Å². The molecule has 0 amide bonds. The van der Waals surface area contributed by atoms with Crippen LogP contribution < -0.4 is 0 Å². The SMILES string of the molecule is CN1CC[C@H](c2cccc3ccccc23)[C@H](C(=O)O)C1. The summed E-state index contributed by atoms with van der Waals surface area (Å²) in [6.07, 6.45) is 0.904. The minimum atomic E-state index is -0.686. The molecule has 3 heteroatoms. The van der Waals surface area contributed by atoms with Crippen molar-refractivity contribution in [1.29, 1.82) is 0 Å². The Balaban J connectivity index is 2.07. The smallest absolute Gasteiger partial charge is 0.308 e. The fraction of sp³-hybridized carbons (Fsp3) is 0.353. The zero-order valence-electron chi connectivity index (χ0n) is 11.6. The first-order valence-corrected chi connectivity index (χ1v) is 7.06. The van der Waals surface area contributed by atoms with Crippen LogP contribution in [0.3, 0.4) is 0 Å². The Labute approximate surface area is 118 Å². The van der Waals surface area contributed by atoms with E-state index in [0.29, 0.717) is 6.54 Å². The van der Waals surface area contributed by atoms with E-state index in [-0.39, 0.29) is 11.8 Å². The molecular weight excluding hydrogens is 250 g/mol. The maximum Gasteiger partial charge on any atom is 0.308 e. The van der Waals surface area contributed by atoms with Gasteiger partial charge in [-0.2, -0.15) is 0 Å². The molecule has 0 saturated carbocycles. The summed E-state index contributed by atoms with van der Waals surface area (Å²) in [7, 11) is 2.00. The van der Waals surface area contributed by atoms with Crippen molar-refractivity contribution in [3.05, 3.63) is 48.0 Å². The largest absolute Gasteiger partial charge is 0.481 e. The van der Waals surface area contributed by atoms with Crippen molar-refractivity contribution < 1.29 is 9.90 Å². The molecule has 2 aromatic carbocycles. The van der Waals surface area contributed by atoms with Crippen LogP contribution in [0.2, 0.25) is 0 Å². The predicted octanol–water partition coefficient (Wildman–Crippen LogP) is 2.96. The van der Waals surface area contributed by atoms with E-state index in [2.05, 4.69) is 29.2 Å². The third-order valence-electron chi connectivity index (χ3n) is 4.36. The van der Waals surface area contributed by atoms with Gasteiger partial charge in [0.2, 0.25) is 0 Å². The first kappa shape index (κ1) is 13.1. The van der Waals surface area contributed by atoms with Gasteiger partial charge in [-0.25, -0.2) is 0 Å². The van der Waals surface area contributed by atoms with Crippen LogP contribution in [0.25, 0.3) is 10.8 Å². The van der Waals surface area contributed by atoms with E-state index in [9.17, 15) is 9.90 Å². The molecule has 0 aliphatic carbocycles. The van der Waals surface area contributed by atoms with E-state index in [1.807, 2.05) is 25.2 Å². The number of likely N-dealkylation sites (tertiary alicyclic amines) is 1. The summed E-state index contributed by atoms with van der Waals surface area (Å²) >= 11 is 0. The molecule has 1 N–H and O–H groups in total. The second kappa shape index (κ2) is 5.25. The standard InChI is InChI=1S/C17H19NO2/c1-18-10-9-15(16(11-18)17(19)20)14-8-4-6-12-5-2-3-7-13(12)14/h2-8,15-16H,9-11H2,1H3,(H,19,20)/t15-,16-/m1/s1. The average molecular weight is 269 g/mol. The Kier molecular flexibility index (Phi) is 3.45. The highest BCUT2D eigenvalue weighted by molar-refractivity contribution is 5.87. The lowest BCUT2D eigenvalue weighted by atomic mass is 9.79. The summed E-state index contributed by atoms with van der Waals surface area (Å²) in [5.41, 5.74) is 1.18. The molecule has 1 heterocycles. The maximum atomic E-state index is 11.6. The number of benzene rings is 2. The summed E-state index contributed by atoms with van der Waals surface area (Å²) < 4.78 is 0. The molecule has 2 atom stereocenters. The Hall–Kier alpha value is -1.87. The molecular formula is C17H19NO2. The summed E-state index contributed by atoms with van der Waals surface area (Å²) in [5.74, 6) is -0.899. The van der Waals surface area contributed by atoms with Crippen molar-refractivity contribution in [3.8, 4) is 0 Å². The summed E-state index contributed by atoms with van der Waals surface area (Å²) in [5, 5.41) is 11.9. The van der Waals surface area contributed by atoms with E-state index in [1.54, 1.807) is 0 Å². The Morgan fingerprint density at radius 2 is 1.95 bits per heavy atom. The monoisotopic (exact) mass is 269 g/mol. The summed E-state index contributed by atoms with van der Waals surface area (Å²) in [6, 6.07) is 14.4.